The maximum atomic E-state index is 13.4. The summed E-state index contributed by atoms with van der Waals surface area (Å²) < 4.78 is 29.2. The van der Waals surface area contributed by atoms with E-state index in [0.29, 0.717) is 37.3 Å². The summed E-state index contributed by atoms with van der Waals surface area (Å²) in [5.74, 6) is -0.645. The van der Waals surface area contributed by atoms with Crippen molar-refractivity contribution in [2.75, 3.05) is 6.54 Å². The molecule has 0 saturated heterocycles. The summed E-state index contributed by atoms with van der Waals surface area (Å²) >= 11 is 9.36. The molecule has 0 unspecified atom stereocenters. The normalized spacial score (nSPS) is 19.6. The van der Waals surface area contributed by atoms with E-state index in [9.17, 15) is 18.4 Å². The standard InChI is InChI=1S/C21H23BrClN2O4S/c22-18-3-1-2-16(12-18)14-25(30(28,29)20-10-8-19(23)9-11-20)13-15-4-6-17(7-5-15)21(26)24-27/h1-3,8-12,15,17H,4-7,13-14H2,(H-,24,26,27)/q-1. The minimum atomic E-state index is -3.73. The molecule has 0 radical (unpaired) electrons. The fraction of sp³-hybridized carbons (Fsp3) is 0.381. The Bertz CT molecular complexity index is 977. The third-order valence-electron chi connectivity index (χ3n) is 5.48. The molecule has 2 aromatic carbocycles. The van der Waals surface area contributed by atoms with Crippen molar-refractivity contribution in [1.82, 2.24) is 9.79 Å². The Balaban J connectivity index is 1.81. The third kappa shape index (κ3) is 5.82. The zero-order valence-electron chi connectivity index (χ0n) is 16.3. The monoisotopic (exact) mass is 513 g/mol. The van der Waals surface area contributed by atoms with Crippen molar-refractivity contribution >= 4 is 43.5 Å². The Morgan fingerprint density at radius 1 is 1.13 bits per heavy atom. The number of sulfonamides is 1. The predicted octanol–water partition coefficient (Wildman–Crippen LogP) is 4.71. The number of halogens is 2. The number of carbonyl (C=O) groups is 1. The number of hydroxylamine groups is 1. The molecule has 0 heterocycles. The van der Waals surface area contributed by atoms with Crippen LogP contribution in [0.15, 0.2) is 57.9 Å². The van der Waals surface area contributed by atoms with Gasteiger partial charge in [0.25, 0.3) is 0 Å². The molecule has 162 valence electrons. The maximum absolute atomic E-state index is 13.4. The van der Waals surface area contributed by atoms with Crippen molar-refractivity contribution in [3.05, 3.63) is 68.8 Å². The van der Waals surface area contributed by atoms with Gasteiger partial charge < -0.3 is 10.7 Å². The van der Waals surface area contributed by atoms with Gasteiger partial charge >= 0.3 is 0 Å². The molecular formula is C21H23BrClN2O4S-. The zero-order chi connectivity index (χ0) is 21.7. The number of amides is 1. The first-order valence-electron chi connectivity index (χ1n) is 9.71. The molecule has 6 nitrogen and oxygen atoms in total. The summed E-state index contributed by atoms with van der Waals surface area (Å²) in [7, 11) is -3.73. The molecule has 1 fully saturated rings. The highest BCUT2D eigenvalue weighted by molar-refractivity contribution is 9.10. The quantitative estimate of drug-likeness (QED) is 0.542. The Labute approximate surface area is 190 Å². The van der Waals surface area contributed by atoms with Gasteiger partial charge in [0, 0.05) is 28.5 Å². The largest absolute Gasteiger partial charge is 0.759 e. The van der Waals surface area contributed by atoms with E-state index in [-0.39, 0.29) is 23.3 Å². The molecule has 30 heavy (non-hydrogen) atoms. The molecule has 1 aliphatic rings. The van der Waals surface area contributed by atoms with Gasteiger partial charge in [-0.1, -0.05) is 39.7 Å². The van der Waals surface area contributed by atoms with Crippen LogP contribution in [0.2, 0.25) is 5.02 Å². The summed E-state index contributed by atoms with van der Waals surface area (Å²) in [6.45, 7) is 0.592. The Hall–Kier alpha value is -1.45. The van der Waals surface area contributed by atoms with Gasteiger partial charge in [-0.15, -0.1) is 0 Å². The average molecular weight is 515 g/mol. The smallest absolute Gasteiger partial charge is 0.243 e. The van der Waals surface area contributed by atoms with Gasteiger partial charge in [0.1, 0.15) is 0 Å². The van der Waals surface area contributed by atoms with Crippen molar-refractivity contribution in [2.45, 2.75) is 37.1 Å². The summed E-state index contributed by atoms with van der Waals surface area (Å²) in [5, 5.41) is 11.1. The highest BCUT2D eigenvalue weighted by Crippen LogP contribution is 2.32. The lowest BCUT2D eigenvalue weighted by atomic mass is 9.81. The van der Waals surface area contributed by atoms with E-state index in [1.54, 1.807) is 12.1 Å². The lowest BCUT2D eigenvalue weighted by molar-refractivity contribution is -0.125. The number of rotatable bonds is 7. The molecule has 0 aliphatic heterocycles. The Morgan fingerprint density at radius 3 is 2.40 bits per heavy atom. The SMILES string of the molecule is O=C(N[O-])C1CCC(CN(Cc2cccc(Br)c2)S(=O)(=O)c2ccc(Cl)cc2)CC1. The molecule has 1 saturated carbocycles. The molecule has 3 rings (SSSR count). The predicted molar refractivity (Wildman–Crippen MR) is 120 cm³/mol. The fourth-order valence-electron chi connectivity index (χ4n) is 3.82. The summed E-state index contributed by atoms with van der Waals surface area (Å²) in [5.41, 5.74) is 2.34. The maximum Gasteiger partial charge on any atom is 0.243 e. The van der Waals surface area contributed by atoms with Gasteiger partial charge in [-0.25, -0.2) is 8.42 Å². The number of carbonyl (C=O) groups excluding carboxylic acids is 1. The van der Waals surface area contributed by atoms with Crippen LogP contribution in [0.4, 0.5) is 0 Å². The Kier molecular flexibility index (Phi) is 7.92. The van der Waals surface area contributed by atoms with Gasteiger partial charge in [-0.05, 0) is 73.6 Å². The van der Waals surface area contributed by atoms with Crippen molar-refractivity contribution < 1.29 is 13.2 Å². The van der Waals surface area contributed by atoms with Crippen LogP contribution in [-0.2, 0) is 21.4 Å². The minimum Gasteiger partial charge on any atom is -0.759 e. The van der Waals surface area contributed by atoms with Crippen molar-refractivity contribution in [2.24, 2.45) is 11.8 Å². The molecule has 9 heteroatoms. The van der Waals surface area contributed by atoms with E-state index in [1.165, 1.54) is 21.9 Å². The van der Waals surface area contributed by atoms with Crippen LogP contribution < -0.4 is 5.48 Å². The molecule has 2 aromatic rings. The van der Waals surface area contributed by atoms with E-state index >= 15 is 0 Å². The van der Waals surface area contributed by atoms with Gasteiger partial charge in [-0.2, -0.15) is 4.31 Å². The second kappa shape index (κ2) is 10.2. The molecular weight excluding hydrogens is 492 g/mol. The van der Waals surface area contributed by atoms with E-state index < -0.39 is 15.9 Å². The van der Waals surface area contributed by atoms with E-state index in [4.69, 9.17) is 11.6 Å². The Morgan fingerprint density at radius 2 is 1.80 bits per heavy atom. The topological polar surface area (TPSA) is 89.5 Å². The van der Waals surface area contributed by atoms with Crippen LogP contribution in [0.25, 0.3) is 0 Å². The van der Waals surface area contributed by atoms with Crippen molar-refractivity contribution in [3.8, 4) is 0 Å². The van der Waals surface area contributed by atoms with Crippen LogP contribution in [0, 0.1) is 17.0 Å². The first-order valence-corrected chi connectivity index (χ1v) is 12.3. The number of nitrogens with zero attached hydrogens (tertiary/aromatic N) is 1. The van der Waals surface area contributed by atoms with Gasteiger partial charge in [0.05, 0.1) is 4.90 Å². The van der Waals surface area contributed by atoms with Crippen molar-refractivity contribution in [1.29, 1.82) is 0 Å². The van der Waals surface area contributed by atoms with Crippen LogP contribution in [0.1, 0.15) is 31.2 Å². The summed E-state index contributed by atoms with van der Waals surface area (Å²) in [6.07, 6.45) is 2.57. The number of hydrogen-bond acceptors (Lipinski definition) is 4. The van der Waals surface area contributed by atoms with Crippen molar-refractivity contribution in [3.63, 3.8) is 0 Å². The van der Waals surface area contributed by atoms with E-state index in [2.05, 4.69) is 15.9 Å². The van der Waals surface area contributed by atoms with Gasteiger partial charge in [-0.3, -0.25) is 4.79 Å². The van der Waals surface area contributed by atoms with Crippen LogP contribution >= 0.6 is 27.5 Å². The van der Waals surface area contributed by atoms with E-state index in [1.807, 2.05) is 24.3 Å². The van der Waals surface area contributed by atoms with Gasteiger partial charge in [0.2, 0.25) is 15.9 Å². The lowest BCUT2D eigenvalue weighted by Crippen LogP contribution is -2.37. The summed E-state index contributed by atoms with van der Waals surface area (Å²) in [6, 6.07) is 13.7. The molecule has 1 N–H and O–H groups in total. The number of hydrogen-bond donors (Lipinski definition) is 1. The average Bonchev–Trinajstić information content (AvgIpc) is 2.73. The lowest BCUT2D eigenvalue weighted by Gasteiger charge is -2.32. The second-order valence-corrected chi connectivity index (χ2v) is 10.9. The van der Waals surface area contributed by atoms with Crippen LogP contribution in [-0.4, -0.2) is 25.2 Å². The molecule has 1 aliphatic carbocycles. The second-order valence-electron chi connectivity index (χ2n) is 7.57. The highest BCUT2D eigenvalue weighted by atomic mass is 79.9. The molecule has 1 amide bonds. The first-order chi connectivity index (χ1) is 14.3. The third-order valence-corrected chi connectivity index (χ3v) is 8.05. The molecule has 0 spiro atoms. The minimum absolute atomic E-state index is 0.120. The number of nitrogens with one attached hydrogen (secondary N) is 1. The van der Waals surface area contributed by atoms with E-state index in [0.717, 1.165) is 10.0 Å². The van der Waals surface area contributed by atoms with Crippen LogP contribution in [0.3, 0.4) is 0 Å². The summed E-state index contributed by atoms with van der Waals surface area (Å²) in [4.78, 5) is 11.8. The first kappa shape index (κ1) is 23.2. The van der Waals surface area contributed by atoms with Crippen LogP contribution in [0.5, 0.6) is 0 Å². The fourth-order valence-corrected chi connectivity index (χ4v) is 5.90. The molecule has 0 bridgehead atoms. The molecule has 0 atom stereocenters. The molecule has 0 aromatic heterocycles. The highest BCUT2D eigenvalue weighted by Gasteiger charge is 2.31. The zero-order valence-corrected chi connectivity index (χ0v) is 19.4. The van der Waals surface area contributed by atoms with Gasteiger partial charge in [0.15, 0.2) is 0 Å². The number of benzene rings is 2.